The average molecular weight is 837 g/mol. The highest BCUT2D eigenvalue weighted by atomic mass is 16.7. The van der Waals surface area contributed by atoms with Crippen molar-refractivity contribution < 1.29 is 38.1 Å². The third kappa shape index (κ3) is 29.5. The molecule has 0 unspecified atom stereocenters. The fourth-order valence-corrected chi connectivity index (χ4v) is 6.72. The molecule has 0 bridgehead atoms. The van der Waals surface area contributed by atoms with Crippen LogP contribution in [0.25, 0.3) is 0 Å². The number of benzene rings is 1. The van der Waals surface area contributed by atoms with E-state index in [0.717, 1.165) is 95.8 Å². The van der Waals surface area contributed by atoms with Crippen molar-refractivity contribution in [3.63, 3.8) is 0 Å². The number of unbranched alkanes of at least 4 members (excludes halogenated alkanes) is 8. The number of likely N-dealkylation sites (tertiary alicyclic amines) is 1. The molecule has 10 heteroatoms. The number of esters is 2. The Morgan fingerprint density at radius 2 is 1.13 bits per heavy atom. The molecule has 1 heterocycles. The van der Waals surface area contributed by atoms with Crippen LogP contribution in [0, 0.1) is 0 Å². The summed E-state index contributed by atoms with van der Waals surface area (Å²) in [5, 5.41) is 2.84. The molecule has 1 aliphatic heterocycles. The maximum Gasteiger partial charge on any atom is 0.407 e. The molecule has 0 spiro atoms. The van der Waals surface area contributed by atoms with E-state index >= 15 is 0 Å². The maximum atomic E-state index is 12.9. The summed E-state index contributed by atoms with van der Waals surface area (Å²) >= 11 is 0. The van der Waals surface area contributed by atoms with Gasteiger partial charge in [0.25, 0.3) is 0 Å². The molecule has 0 saturated carbocycles. The van der Waals surface area contributed by atoms with Crippen LogP contribution in [0.15, 0.2) is 66.8 Å². The van der Waals surface area contributed by atoms with E-state index in [-0.39, 0.29) is 38.2 Å². The van der Waals surface area contributed by atoms with E-state index in [1.165, 1.54) is 38.5 Å². The first-order chi connectivity index (χ1) is 29.4. The molecule has 0 aromatic heterocycles. The van der Waals surface area contributed by atoms with Crippen molar-refractivity contribution in [2.75, 3.05) is 39.4 Å². The number of rotatable bonds is 36. The van der Waals surface area contributed by atoms with Gasteiger partial charge >= 0.3 is 18.0 Å². The molecule has 1 amide bonds. The van der Waals surface area contributed by atoms with Gasteiger partial charge in [-0.3, -0.25) is 9.59 Å². The number of amides is 1. The zero-order valence-electron chi connectivity index (χ0n) is 37.6. The van der Waals surface area contributed by atoms with Gasteiger partial charge in [-0.2, -0.15) is 0 Å². The van der Waals surface area contributed by atoms with Crippen LogP contribution in [-0.2, 0) is 53.1 Å². The molecule has 1 fully saturated rings. The van der Waals surface area contributed by atoms with E-state index in [1.54, 1.807) is 0 Å². The minimum atomic E-state index is -0.504. The standard InChI is InChI=1S/C50H80N2O8/c1-4-7-10-13-14-15-16-17-18-19-20-21-22-23-24-29-47(53)58-41-44-38-45(40-46(39-44)43-60-50(55)51-32-35-52-33-25-26-34-52)42-59-48(54)30-31-49(56-36-27-11-8-5-2)57-37-28-12-9-6-3/h8-9,11-12,14-15,17-18,38-40,49H,4-7,10,13,16,19-37,41-43H2,1-3H3,(H,51,55)/b11-8-,12-9-,15-14-,18-17-. The summed E-state index contributed by atoms with van der Waals surface area (Å²) in [5.41, 5.74) is 2.17. The molecule has 1 saturated heterocycles. The van der Waals surface area contributed by atoms with Crippen molar-refractivity contribution in [3.05, 3.63) is 83.5 Å². The van der Waals surface area contributed by atoms with Gasteiger partial charge in [-0.1, -0.05) is 101 Å². The van der Waals surface area contributed by atoms with E-state index in [1.807, 2.05) is 18.2 Å². The maximum absolute atomic E-state index is 12.9. The Labute approximate surface area is 363 Å². The first kappa shape index (κ1) is 52.4. The van der Waals surface area contributed by atoms with Crippen LogP contribution in [0.3, 0.4) is 0 Å². The van der Waals surface area contributed by atoms with Gasteiger partial charge in [-0.25, -0.2) is 4.79 Å². The van der Waals surface area contributed by atoms with Gasteiger partial charge in [-0.15, -0.1) is 0 Å². The summed E-state index contributed by atoms with van der Waals surface area (Å²) in [4.78, 5) is 40.4. The van der Waals surface area contributed by atoms with E-state index in [2.05, 4.69) is 79.6 Å². The van der Waals surface area contributed by atoms with E-state index < -0.39 is 12.4 Å². The minimum Gasteiger partial charge on any atom is -0.461 e. The Kier molecular flexibility index (Phi) is 32.4. The number of hydrogen-bond donors (Lipinski definition) is 1. The van der Waals surface area contributed by atoms with Gasteiger partial charge in [0.2, 0.25) is 0 Å². The minimum absolute atomic E-state index is 0.0254. The number of carbonyl (C=O) groups is 3. The number of carbonyl (C=O) groups excluding carboxylic acids is 3. The predicted molar refractivity (Wildman–Crippen MR) is 242 cm³/mol. The highest BCUT2D eigenvalue weighted by molar-refractivity contribution is 5.70. The van der Waals surface area contributed by atoms with Crippen LogP contribution in [0.5, 0.6) is 0 Å². The van der Waals surface area contributed by atoms with E-state index in [9.17, 15) is 14.4 Å². The third-order valence-electron chi connectivity index (χ3n) is 10.1. The largest absolute Gasteiger partial charge is 0.461 e. The Morgan fingerprint density at radius 1 is 0.617 bits per heavy atom. The molecule has 1 aromatic rings. The Bertz CT molecular complexity index is 1360. The zero-order valence-corrected chi connectivity index (χ0v) is 37.6. The number of nitrogens with zero attached hydrogens (tertiary/aromatic N) is 1. The monoisotopic (exact) mass is 837 g/mol. The number of hydrogen-bond acceptors (Lipinski definition) is 9. The summed E-state index contributed by atoms with van der Waals surface area (Å²) in [6, 6.07) is 5.57. The first-order valence-corrected chi connectivity index (χ1v) is 23.3. The quantitative estimate of drug-likeness (QED) is 0.0232. The van der Waals surface area contributed by atoms with E-state index in [0.29, 0.717) is 43.7 Å². The molecule has 0 atom stereocenters. The van der Waals surface area contributed by atoms with Crippen molar-refractivity contribution >= 4 is 18.0 Å². The van der Waals surface area contributed by atoms with Crippen LogP contribution in [0.1, 0.15) is 166 Å². The second-order valence-electron chi connectivity index (χ2n) is 15.6. The lowest BCUT2D eigenvalue weighted by Gasteiger charge is -2.18. The number of ether oxygens (including phenoxy) is 5. The SMILES string of the molecule is CC/C=C\CCOC(CCC(=O)OCc1cc(COC(=O)CCCCCCC/C=C\C/C=C\CCCCC)cc(COC(=O)NCCN2CCCC2)c1)OCC/C=C\CC. The second-order valence-corrected chi connectivity index (χ2v) is 15.6. The molecule has 60 heavy (non-hydrogen) atoms. The summed E-state index contributed by atoms with van der Waals surface area (Å²) in [6.45, 7) is 11.0. The van der Waals surface area contributed by atoms with Crippen LogP contribution in [-0.4, -0.2) is 68.6 Å². The average Bonchev–Trinajstić information content (AvgIpc) is 3.78. The second kappa shape index (κ2) is 37.1. The lowest BCUT2D eigenvalue weighted by atomic mass is 10.1. The molecule has 0 aliphatic carbocycles. The zero-order chi connectivity index (χ0) is 43.1. The fraction of sp³-hybridized carbons (Fsp3) is 0.660. The lowest BCUT2D eigenvalue weighted by Crippen LogP contribution is -2.33. The predicted octanol–water partition coefficient (Wildman–Crippen LogP) is 11.8. The fourth-order valence-electron chi connectivity index (χ4n) is 6.72. The van der Waals surface area contributed by atoms with Crippen molar-refractivity contribution in [1.82, 2.24) is 10.2 Å². The number of nitrogens with one attached hydrogen (secondary N) is 1. The van der Waals surface area contributed by atoms with Gasteiger partial charge in [0, 0.05) is 25.9 Å². The Morgan fingerprint density at radius 3 is 1.72 bits per heavy atom. The summed E-state index contributed by atoms with van der Waals surface area (Å²) in [7, 11) is 0. The Hall–Kier alpha value is -3.73. The number of allylic oxidation sites excluding steroid dienone is 6. The molecule has 338 valence electrons. The highest BCUT2D eigenvalue weighted by Gasteiger charge is 2.15. The summed E-state index contributed by atoms with van der Waals surface area (Å²) in [5.74, 6) is -0.609. The third-order valence-corrected chi connectivity index (χ3v) is 10.1. The van der Waals surface area contributed by atoms with Crippen LogP contribution >= 0.6 is 0 Å². The molecule has 2 rings (SSSR count). The lowest BCUT2D eigenvalue weighted by molar-refractivity contribution is -0.158. The van der Waals surface area contributed by atoms with Crippen molar-refractivity contribution in [2.24, 2.45) is 0 Å². The van der Waals surface area contributed by atoms with Gasteiger partial charge in [0.15, 0.2) is 6.29 Å². The number of alkyl carbamates (subject to hydrolysis) is 1. The first-order valence-electron chi connectivity index (χ1n) is 23.3. The van der Waals surface area contributed by atoms with Crippen LogP contribution in [0.4, 0.5) is 4.79 Å². The topological polar surface area (TPSA) is 113 Å². The normalized spacial score (nSPS) is 13.5. The van der Waals surface area contributed by atoms with Crippen LogP contribution in [0.2, 0.25) is 0 Å². The molecular formula is C50H80N2O8. The van der Waals surface area contributed by atoms with Gasteiger partial charge in [0.1, 0.15) is 19.8 Å². The molecule has 10 nitrogen and oxygen atoms in total. The molecular weight excluding hydrogens is 757 g/mol. The highest BCUT2D eigenvalue weighted by Crippen LogP contribution is 2.17. The molecule has 1 aromatic carbocycles. The van der Waals surface area contributed by atoms with Gasteiger partial charge in [-0.05, 0) is 125 Å². The van der Waals surface area contributed by atoms with Crippen molar-refractivity contribution in [3.8, 4) is 0 Å². The Balaban J connectivity index is 1.84. The summed E-state index contributed by atoms with van der Waals surface area (Å²) < 4.78 is 28.8. The van der Waals surface area contributed by atoms with Crippen molar-refractivity contribution in [1.29, 1.82) is 0 Å². The van der Waals surface area contributed by atoms with Crippen molar-refractivity contribution in [2.45, 2.75) is 175 Å². The molecule has 1 N–H and O–H groups in total. The summed E-state index contributed by atoms with van der Waals surface area (Å²) in [6.07, 6.45) is 35.6. The van der Waals surface area contributed by atoms with Gasteiger partial charge in [0.05, 0.1) is 19.6 Å². The smallest absolute Gasteiger partial charge is 0.407 e. The van der Waals surface area contributed by atoms with E-state index in [4.69, 9.17) is 23.7 Å². The van der Waals surface area contributed by atoms with Crippen LogP contribution < -0.4 is 5.32 Å². The van der Waals surface area contributed by atoms with Gasteiger partial charge < -0.3 is 33.9 Å². The molecule has 1 aliphatic rings. The molecule has 0 radical (unpaired) electrons.